The lowest BCUT2D eigenvalue weighted by atomic mass is 10.1. The third kappa shape index (κ3) is 4.98. The molecule has 0 unspecified atom stereocenters. The van der Waals surface area contributed by atoms with Gasteiger partial charge in [-0.25, -0.2) is 9.69 Å². The van der Waals surface area contributed by atoms with Crippen LogP contribution in [0.5, 0.6) is 11.5 Å². The molecule has 0 spiro atoms. The number of carbonyl (C=O) groups is 3. The highest BCUT2D eigenvalue weighted by molar-refractivity contribution is 9.10. The van der Waals surface area contributed by atoms with E-state index < -0.39 is 17.8 Å². The maximum Gasteiger partial charge on any atom is 0.335 e. The molecule has 1 aliphatic heterocycles. The smallest absolute Gasteiger partial charge is 0.335 e. The fraction of sp³-hybridized carbons (Fsp3) is 0.0800. The van der Waals surface area contributed by atoms with Gasteiger partial charge in [-0.2, -0.15) is 0 Å². The molecule has 0 atom stereocenters. The van der Waals surface area contributed by atoms with E-state index in [1.165, 1.54) is 19.3 Å². The second kappa shape index (κ2) is 10.1. The van der Waals surface area contributed by atoms with Crippen molar-refractivity contribution in [2.75, 3.05) is 12.0 Å². The third-order valence-electron chi connectivity index (χ3n) is 5.01. The van der Waals surface area contributed by atoms with Crippen molar-refractivity contribution in [3.63, 3.8) is 0 Å². The molecule has 0 radical (unpaired) electrons. The number of hydrogen-bond donors (Lipinski definition) is 1. The van der Waals surface area contributed by atoms with Crippen molar-refractivity contribution in [1.29, 1.82) is 0 Å². The first-order valence-electron chi connectivity index (χ1n) is 10.1. The summed E-state index contributed by atoms with van der Waals surface area (Å²) in [6.07, 6.45) is 1.39. The van der Waals surface area contributed by atoms with Gasteiger partial charge in [0.15, 0.2) is 11.5 Å². The summed E-state index contributed by atoms with van der Waals surface area (Å²) in [5.74, 6) is -0.630. The third-order valence-corrected chi connectivity index (χ3v) is 6.02. The Labute approximate surface area is 209 Å². The molecule has 3 aromatic carbocycles. The monoisotopic (exact) mass is 540 g/mol. The SMILES string of the molecule is COc1cc(/C=C2\C(=O)NC(=O)N(c3cccc(Cl)c3)C2=O)ccc1OCc1ccccc1Br. The van der Waals surface area contributed by atoms with Gasteiger partial charge in [0.1, 0.15) is 12.2 Å². The van der Waals surface area contributed by atoms with Gasteiger partial charge in [-0.3, -0.25) is 14.9 Å². The van der Waals surface area contributed by atoms with Crippen LogP contribution >= 0.6 is 27.5 Å². The number of amides is 4. The predicted molar refractivity (Wildman–Crippen MR) is 132 cm³/mol. The number of benzene rings is 3. The first-order valence-corrected chi connectivity index (χ1v) is 11.3. The maximum absolute atomic E-state index is 13.0. The van der Waals surface area contributed by atoms with E-state index in [1.807, 2.05) is 24.3 Å². The van der Waals surface area contributed by atoms with Gasteiger partial charge in [0.2, 0.25) is 0 Å². The van der Waals surface area contributed by atoms with Crippen molar-refractivity contribution in [3.8, 4) is 11.5 Å². The van der Waals surface area contributed by atoms with Crippen LogP contribution in [0, 0.1) is 0 Å². The molecule has 7 nitrogen and oxygen atoms in total. The number of methoxy groups -OCH3 is 1. The number of ether oxygens (including phenoxy) is 2. The molecule has 34 heavy (non-hydrogen) atoms. The Balaban J connectivity index is 1.60. The molecule has 3 aromatic rings. The summed E-state index contributed by atoms with van der Waals surface area (Å²) in [6.45, 7) is 0.315. The fourth-order valence-corrected chi connectivity index (χ4v) is 3.92. The van der Waals surface area contributed by atoms with Gasteiger partial charge < -0.3 is 9.47 Å². The zero-order valence-electron chi connectivity index (χ0n) is 17.9. The Morgan fingerprint density at radius 1 is 1.00 bits per heavy atom. The summed E-state index contributed by atoms with van der Waals surface area (Å²) in [4.78, 5) is 38.7. The van der Waals surface area contributed by atoms with E-state index in [0.717, 1.165) is 14.9 Å². The van der Waals surface area contributed by atoms with E-state index in [0.29, 0.717) is 28.7 Å². The molecule has 1 heterocycles. The fourth-order valence-electron chi connectivity index (χ4n) is 3.34. The Bertz CT molecular complexity index is 1320. The Morgan fingerprint density at radius 2 is 1.79 bits per heavy atom. The Morgan fingerprint density at radius 3 is 2.53 bits per heavy atom. The molecule has 9 heteroatoms. The number of barbiturate groups is 1. The number of hydrogen-bond acceptors (Lipinski definition) is 5. The van der Waals surface area contributed by atoms with Crippen molar-refractivity contribution >= 4 is 57.1 Å². The molecule has 1 aliphatic rings. The topological polar surface area (TPSA) is 84.9 Å². The van der Waals surface area contributed by atoms with Crippen LogP contribution in [-0.2, 0) is 16.2 Å². The molecule has 172 valence electrons. The first-order chi connectivity index (χ1) is 16.4. The highest BCUT2D eigenvalue weighted by atomic mass is 79.9. The van der Waals surface area contributed by atoms with E-state index in [2.05, 4.69) is 21.2 Å². The molecule has 0 bridgehead atoms. The molecule has 1 N–H and O–H groups in total. The summed E-state index contributed by atoms with van der Waals surface area (Å²) in [5, 5.41) is 2.54. The number of nitrogens with zero attached hydrogens (tertiary/aromatic N) is 1. The summed E-state index contributed by atoms with van der Waals surface area (Å²) in [5.41, 5.74) is 1.53. The van der Waals surface area contributed by atoms with Gasteiger partial charge in [0, 0.05) is 15.1 Å². The second-order valence-electron chi connectivity index (χ2n) is 7.23. The number of halogens is 2. The van der Waals surface area contributed by atoms with E-state index in [1.54, 1.807) is 36.4 Å². The Kier molecular flexibility index (Phi) is 7.00. The van der Waals surface area contributed by atoms with Crippen LogP contribution in [0.15, 0.2) is 76.8 Å². The predicted octanol–water partition coefficient (Wildman–Crippen LogP) is 5.36. The van der Waals surface area contributed by atoms with E-state index in [9.17, 15) is 14.4 Å². The van der Waals surface area contributed by atoms with Crippen molar-refractivity contribution in [1.82, 2.24) is 5.32 Å². The van der Waals surface area contributed by atoms with Crippen LogP contribution in [0.2, 0.25) is 5.02 Å². The van der Waals surface area contributed by atoms with Crippen LogP contribution in [0.3, 0.4) is 0 Å². The lowest BCUT2D eigenvalue weighted by molar-refractivity contribution is -0.122. The van der Waals surface area contributed by atoms with Crippen LogP contribution in [-0.4, -0.2) is 25.0 Å². The van der Waals surface area contributed by atoms with E-state index in [-0.39, 0.29) is 11.3 Å². The van der Waals surface area contributed by atoms with Gasteiger partial charge in [-0.1, -0.05) is 57.9 Å². The van der Waals surface area contributed by atoms with Crippen molar-refractivity contribution in [2.45, 2.75) is 6.61 Å². The van der Waals surface area contributed by atoms with Crippen molar-refractivity contribution in [2.24, 2.45) is 0 Å². The van der Waals surface area contributed by atoms with Crippen LogP contribution in [0.4, 0.5) is 10.5 Å². The van der Waals surface area contributed by atoms with Crippen LogP contribution in [0.25, 0.3) is 6.08 Å². The molecule has 1 fully saturated rings. The van der Waals surface area contributed by atoms with Crippen molar-refractivity contribution < 1.29 is 23.9 Å². The molecule has 4 amide bonds. The lowest BCUT2D eigenvalue weighted by Gasteiger charge is -2.26. The standard InChI is InChI=1S/C25H18BrClN2O5/c1-33-22-12-15(9-10-21(22)34-14-16-5-2-3-8-20(16)26)11-19-23(30)28-25(32)29(24(19)31)18-7-4-6-17(27)13-18/h2-13H,14H2,1H3,(H,28,30,32)/b19-11+. The van der Waals surface area contributed by atoms with Gasteiger partial charge >= 0.3 is 6.03 Å². The first kappa shape index (κ1) is 23.5. The van der Waals surface area contributed by atoms with Gasteiger partial charge in [0.25, 0.3) is 11.8 Å². The zero-order chi connectivity index (χ0) is 24.2. The molecule has 0 aromatic heterocycles. The second-order valence-corrected chi connectivity index (χ2v) is 8.52. The zero-order valence-corrected chi connectivity index (χ0v) is 20.2. The van der Waals surface area contributed by atoms with Crippen LogP contribution < -0.4 is 19.7 Å². The number of anilines is 1. The maximum atomic E-state index is 13.0. The number of rotatable bonds is 6. The normalized spacial score (nSPS) is 14.9. The van der Waals surface area contributed by atoms with Crippen molar-refractivity contribution in [3.05, 3.63) is 92.9 Å². The van der Waals surface area contributed by atoms with Gasteiger partial charge in [0.05, 0.1) is 12.8 Å². The summed E-state index contributed by atoms with van der Waals surface area (Å²) in [7, 11) is 1.50. The van der Waals surface area contributed by atoms with Gasteiger partial charge in [-0.15, -0.1) is 0 Å². The molecule has 0 saturated carbocycles. The highest BCUT2D eigenvalue weighted by Crippen LogP contribution is 2.31. The summed E-state index contributed by atoms with van der Waals surface area (Å²) < 4.78 is 12.3. The minimum atomic E-state index is -0.845. The Hall–Kier alpha value is -3.62. The number of carbonyl (C=O) groups excluding carboxylic acids is 3. The average molecular weight is 542 g/mol. The van der Waals surface area contributed by atoms with Crippen LogP contribution in [0.1, 0.15) is 11.1 Å². The largest absolute Gasteiger partial charge is 0.493 e. The quantitative estimate of drug-likeness (QED) is 0.336. The molecule has 0 aliphatic carbocycles. The lowest BCUT2D eigenvalue weighted by Crippen LogP contribution is -2.54. The van der Waals surface area contributed by atoms with Gasteiger partial charge in [-0.05, 0) is 48.0 Å². The summed E-state index contributed by atoms with van der Waals surface area (Å²) in [6, 6.07) is 18.1. The van der Waals surface area contributed by atoms with E-state index in [4.69, 9.17) is 21.1 Å². The minimum absolute atomic E-state index is 0.205. The number of imide groups is 2. The molecule has 4 rings (SSSR count). The van der Waals surface area contributed by atoms with E-state index >= 15 is 0 Å². The average Bonchev–Trinajstić information content (AvgIpc) is 2.81. The number of urea groups is 1. The summed E-state index contributed by atoms with van der Waals surface area (Å²) >= 11 is 9.49. The molecule has 1 saturated heterocycles. The highest BCUT2D eigenvalue weighted by Gasteiger charge is 2.36. The minimum Gasteiger partial charge on any atom is -0.493 e. The number of nitrogens with one attached hydrogen (secondary N) is 1. The molecular weight excluding hydrogens is 524 g/mol. The molecular formula is C25H18BrClN2O5.